The van der Waals surface area contributed by atoms with Gasteiger partial charge in [-0.05, 0) is 60.0 Å². The van der Waals surface area contributed by atoms with Gasteiger partial charge in [-0.1, -0.05) is 60.7 Å². The molecule has 0 radical (unpaired) electrons. The Balaban J connectivity index is 1.38. The number of carbonyl (C=O) groups excluding carboxylic acids is 2. The molecule has 12 heteroatoms. The average Bonchev–Trinajstić information content (AvgIpc) is 3.62. The number of carbonyl (C=O) groups is 2. The van der Waals surface area contributed by atoms with Crippen LogP contribution >= 0.6 is 23.1 Å². The Morgan fingerprint density at radius 3 is 2.66 bits per heavy atom. The molecule has 9 nitrogen and oxygen atoms in total. The number of hydrogen-bond acceptors (Lipinski definition) is 10. The molecule has 3 heterocycles. The lowest BCUT2D eigenvalue weighted by atomic mass is 9.95. The van der Waals surface area contributed by atoms with E-state index in [0.717, 1.165) is 29.7 Å². The van der Waals surface area contributed by atoms with Gasteiger partial charge < -0.3 is 19.3 Å². The van der Waals surface area contributed by atoms with Crippen LogP contribution in [-0.2, 0) is 15.3 Å². The number of aliphatic hydroxyl groups excluding tert-OH is 1. The number of hydrogen-bond donors (Lipinski definition) is 1. The number of halogens is 1. The Morgan fingerprint density at radius 1 is 1.07 bits per heavy atom. The molecule has 0 spiro atoms. The van der Waals surface area contributed by atoms with Gasteiger partial charge in [-0.15, -0.1) is 10.2 Å². The normalized spacial score (nSPS) is 17.2. The lowest BCUT2D eigenvalue weighted by Crippen LogP contribution is -2.29. The van der Waals surface area contributed by atoms with Gasteiger partial charge in [0.25, 0.3) is 5.78 Å². The van der Waals surface area contributed by atoms with Crippen molar-refractivity contribution in [3.63, 3.8) is 0 Å². The van der Waals surface area contributed by atoms with Crippen molar-refractivity contribution in [1.29, 1.82) is 0 Å². The van der Waals surface area contributed by atoms with E-state index in [0.29, 0.717) is 58.3 Å². The number of amides is 1. The predicted molar refractivity (Wildman–Crippen MR) is 165 cm³/mol. The van der Waals surface area contributed by atoms with Crippen LogP contribution in [0.4, 0.5) is 9.52 Å². The molecular weight excluding hydrogens is 605 g/mol. The van der Waals surface area contributed by atoms with Crippen LogP contribution < -0.4 is 19.1 Å². The molecule has 0 saturated carbocycles. The summed E-state index contributed by atoms with van der Waals surface area (Å²) in [5.41, 5.74) is 1.68. The summed E-state index contributed by atoms with van der Waals surface area (Å²) < 4.78 is 31.1. The first-order valence-electron chi connectivity index (χ1n) is 14.1. The number of nitrogens with zero attached hydrogens (tertiary/aromatic N) is 3. The minimum absolute atomic E-state index is 0.0897. The number of thioether (sulfide) groups is 1. The third-order valence-electron chi connectivity index (χ3n) is 7.08. The van der Waals surface area contributed by atoms with Crippen molar-refractivity contribution in [3.8, 4) is 17.2 Å². The summed E-state index contributed by atoms with van der Waals surface area (Å²) in [5.74, 6) is -0.297. The fourth-order valence-corrected chi connectivity index (χ4v) is 6.71. The van der Waals surface area contributed by atoms with E-state index in [-0.39, 0.29) is 22.3 Å². The largest absolute Gasteiger partial charge is 0.507 e. The monoisotopic (exact) mass is 633 g/mol. The Bertz CT molecular complexity index is 1730. The van der Waals surface area contributed by atoms with Crippen molar-refractivity contribution in [2.24, 2.45) is 0 Å². The van der Waals surface area contributed by atoms with Crippen LogP contribution in [0, 0.1) is 5.82 Å². The Labute approximate surface area is 261 Å². The number of ketones is 1. The van der Waals surface area contributed by atoms with E-state index >= 15 is 0 Å². The zero-order chi connectivity index (χ0) is 30.6. The standard InChI is InChI=1S/C32H28FN3O6S2/c1-2-3-13-40-23-6-4-5-20(16-23)27-26(28(37)21-9-12-24-25(17-21)42-15-14-41-24)29(38)30(39)36(27)31-34-35-32(44-31)43-18-19-7-10-22(33)11-8-19/h4-12,16-17,27,37H,2-3,13-15,18H2,1H3/b28-26+/t27-/m1/s1. The van der Waals surface area contributed by atoms with E-state index in [1.807, 2.05) is 0 Å². The van der Waals surface area contributed by atoms with Gasteiger partial charge in [0.05, 0.1) is 18.2 Å². The van der Waals surface area contributed by atoms with Gasteiger partial charge >= 0.3 is 5.91 Å². The number of aromatic nitrogens is 2. The number of fused-ring (bicyclic) bond motifs is 1. The Morgan fingerprint density at radius 2 is 1.86 bits per heavy atom. The van der Waals surface area contributed by atoms with Crippen LogP contribution in [0.15, 0.2) is 76.6 Å². The number of benzene rings is 3. The predicted octanol–water partition coefficient (Wildman–Crippen LogP) is 6.55. The average molecular weight is 634 g/mol. The van der Waals surface area contributed by atoms with Crippen LogP contribution in [0.3, 0.4) is 0 Å². The minimum Gasteiger partial charge on any atom is -0.507 e. The SMILES string of the molecule is CCCCOc1cccc([C@@H]2/C(=C(\O)c3ccc4c(c3)OCCO4)C(=O)C(=O)N2c2nnc(SCc3ccc(F)cc3)s2)c1. The molecule has 1 N–H and O–H groups in total. The summed E-state index contributed by atoms with van der Waals surface area (Å²) in [6, 6.07) is 17.2. The maximum Gasteiger partial charge on any atom is 0.301 e. The van der Waals surface area contributed by atoms with Gasteiger partial charge in [0.1, 0.15) is 30.5 Å². The highest BCUT2D eigenvalue weighted by molar-refractivity contribution is 8.00. The molecule has 1 atom stereocenters. The molecule has 1 amide bonds. The van der Waals surface area contributed by atoms with E-state index in [9.17, 15) is 19.1 Å². The van der Waals surface area contributed by atoms with Gasteiger partial charge in [-0.25, -0.2) is 4.39 Å². The first-order chi connectivity index (χ1) is 21.4. The van der Waals surface area contributed by atoms with Crippen LogP contribution in [0.25, 0.3) is 5.76 Å². The third-order valence-corrected chi connectivity index (χ3v) is 9.20. The van der Waals surface area contributed by atoms with E-state index in [2.05, 4.69) is 17.1 Å². The second-order valence-electron chi connectivity index (χ2n) is 10.1. The molecule has 0 bridgehead atoms. The second-order valence-corrected chi connectivity index (χ2v) is 12.2. The molecule has 6 rings (SSSR count). The molecule has 1 saturated heterocycles. The number of ether oxygens (including phenoxy) is 3. The molecule has 2 aliphatic rings. The van der Waals surface area contributed by atoms with Crippen molar-refractivity contribution in [3.05, 3.63) is 94.8 Å². The fourth-order valence-electron chi connectivity index (χ4n) is 4.88. The van der Waals surface area contributed by atoms with Crippen LogP contribution in [-0.4, -0.2) is 46.8 Å². The molecule has 0 unspecified atom stereocenters. The molecule has 1 fully saturated rings. The fraction of sp³-hybridized carbons (Fsp3) is 0.250. The van der Waals surface area contributed by atoms with E-state index in [1.54, 1.807) is 54.6 Å². The summed E-state index contributed by atoms with van der Waals surface area (Å²) in [6.07, 6.45) is 1.84. The highest BCUT2D eigenvalue weighted by atomic mass is 32.2. The number of aliphatic hydroxyl groups is 1. The number of unbranched alkanes of at least 4 members (excludes halogenated alkanes) is 1. The van der Waals surface area contributed by atoms with E-state index in [4.69, 9.17) is 14.2 Å². The highest BCUT2D eigenvalue weighted by Crippen LogP contribution is 2.45. The maximum atomic E-state index is 13.6. The molecule has 2 aliphatic heterocycles. The maximum absolute atomic E-state index is 13.6. The molecule has 1 aromatic heterocycles. The third kappa shape index (κ3) is 6.13. The number of rotatable bonds is 10. The topological polar surface area (TPSA) is 111 Å². The van der Waals surface area contributed by atoms with Crippen LogP contribution in [0.2, 0.25) is 0 Å². The highest BCUT2D eigenvalue weighted by Gasteiger charge is 2.48. The lowest BCUT2D eigenvalue weighted by molar-refractivity contribution is -0.132. The quantitative estimate of drug-likeness (QED) is 0.0519. The van der Waals surface area contributed by atoms with Gasteiger partial charge in [0, 0.05) is 11.3 Å². The smallest absolute Gasteiger partial charge is 0.301 e. The molecule has 4 aromatic rings. The summed E-state index contributed by atoms with van der Waals surface area (Å²) in [4.78, 5) is 28.6. The zero-order valence-corrected chi connectivity index (χ0v) is 25.3. The van der Waals surface area contributed by atoms with Crippen LogP contribution in [0.5, 0.6) is 17.2 Å². The van der Waals surface area contributed by atoms with Crippen molar-refractivity contribution >= 4 is 45.7 Å². The van der Waals surface area contributed by atoms with E-state index in [1.165, 1.54) is 28.8 Å². The summed E-state index contributed by atoms with van der Waals surface area (Å²) in [7, 11) is 0. The first-order valence-corrected chi connectivity index (χ1v) is 15.9. The zero-order valence-electron chi connectivity index (χ0n) is 23.7. The van der Waals surface area contributed by atoms with Crippen LogP contribution in [0.1, 0.15) is 42.5 Å². The van der Waals surface area contributed by atoms with Gasteiger partial charge in [-0.2, -0.15) is 0 Å². The van der Waals surface area contributed by atoms with Gasteiger partial charge in [0.15, 0.2) is 15.8 Å². The Kier molecular flexibility index (Phi) is 8.80. The molecular formula is C32H28FN3O6S2. The number of Topliss-reactive ketones (excluding diaryl/α,β-unsaturated/α-hetero) is 1. The molecule has 44 heavy (non-hydrogen) atoms. The second kappa shape index (κ2) is 13.1. The summed E-state index contributed by atoms with van der Waals surface area (Å²) in [5, 5.41) is 20.3. The number of anilines is 1. The summed E-state index contributed by atoms with van der Waals surface area (Å²) >= 11 is 2.53. The summed E-state index contributed by atoms with van der Waals surface area (Å²) in [6.45, 7) is 3.35. The molecule has 3 aromatic carbocycles. The minimum atomic E-state index is -0.999. The van der Waals surface area contributed by atoms with Gasteiger partial charge in [-0.3, -0.25) is 14.5 Å². The van der Waals surface area contributed by atoms with Crippen molar-refractivity contribution in [2.45, 2.75) is 35.9 Å². The lowest BCUT2D eigenvalue weighted by Gasteiger charge is -2.23. The molecule has 226 valence electrons. The van der Waals surface area contributed by atoms with Crippen molar-refractivity contribution < 1.29 is 33.3 Å². The molecule has 0 aliphatic carbocycles. The van der Waals surface area contributed by atoms with E-state index < -0.39 is 17.7 Å². The Hall–Kier alpha value is -4.42. The van der Waals surface area contributed by atoms with Crippen molar-refractivity contribution in [1.82, 2.24) is 10.2 Å². The van der Waals surface area contributed by atoms with Crippen molar-refractivity contribution in [2.75, 3.05) is 24.7 Å². The van der Waals surface area contributed by atoms with Gasteiger partial charge in [0.2, 0.25) is 5.13 Å². The first kappa shape index (κ1) is 29.6.